The van der Waals surface area contributed by atoms with Crippen LogP contribution in [-0.2, 0) is 0 Å². The zero-order valence-electron chi connectivity index (χ0n) is 8.14. The van der Waals surface area contributed by atoms with Gasteiger partial charge in [-0.15, -0.1) is 0 Å². The second-order valence-corrected chi connectivity index (χ2v) is 2.82. The molecule has 2 rings (SSSR count). The molecule has 15 heavy (non-hydrogen) atoms. The van der Waals surface area contributed by atoms with Crippen molar-refractivity contribution in [1.29, 1.82) is 0 Å². The van der Waals surface area contributed by atoms with Crippen molar-refractivity contribution in [2.24, 2.45) is 0 Å². The topological polar surface area (TPSA) is 133 Å². The average molecular weight is 206 g/mol. The maximum Gasteiger partial charge on any atom is 0.146 e. The number of nitrogens with one attached hydrogen (secondary N) is 1. The van der Waals surface area contributed by atoms with Gasteiger partial charge in [-0.2, -0.15) is 0 Å². The van der Waals surface area contributed by atoms with Crippen LogP contribution in [0.15, 0.2) is 30.6 Å². The highest BCUT2D eigenvalue weighted by Crippen LogP contribution is 2.07. The summed E-state index contributed by atoms with van der Waals surface area (Å²) in [7, 11) is 0. The maximum absolute atomic E-state index is 5.33. The molecule has 0 aliphatic heterocycles. The number of nitrogen functional groups attached to an aromatic ring is 4. The second-order valence-electron chi connectivity index (χ2n) is 2.82. The summed E-state index contributed by atoms with van der Waals surface area (Å²) in [5, 5.41) is 0. The summed E-state index contributed by atoms with van der Waals surface area (Å²) in [4.78, 5) is 6.45. The molecular weight excluding hydrogens is 192 g/mol. The summed E-state index contributed by atoms with van der Waals surface area (Å²) >= 11 is 0. The molecule has 0 spiro atoms. The van der Waals surface area contributed by atoms with Crippen molar-refractivity contribution < 1.29 is 0 Å². The van der Waals surface area contributed by atoms with E-state index in [9.17, 15) is 0 Å². The number of aromatic nitrogens is 2. The molecular formula is C9H14N6. The first-order chi connectivity index (χ1) is 7.11. The third kappa shape index (κ3) is 3.11. The fraction of sp³-hybridized carbons (Fsp3) is 0. The Hall–Kier alpha value is -2.37. The number of anilines is 4. The van der Waals surface area contributed by atoms with Crippen molar-refractivity contribution >= 4 is 23.0 Å². The molecule has 0 aromatic carbocycles. The molecule has 2 aromatic heterocycles. The van der Waals surface area contributed by atoms with Crippen LogP contribution in [0.1, 0.15) is 0 Å². The molecule has 0 saturated carbocycles. The van der Waals surface area contributed by atoms with Gasteiger partial charge in [0.25, 0.3) is 0 Å². The minimum Gasteiger partial charge on any atom is -0.396 e. The van der Waals surface area contributed by atoms with E-state index in [1.54, 1.807) is 30.6 Å². The van der Waals surface area contributed by atoms with Crippen LogP contribution in [0.3, 0.4) is 0 Å². The quantitative estimate of drug-likeness (QED) is 0.426. The number of pyridine rings is 1. The maximum atomic E-state index is 5.33. The second kappa shape index (κ2) is 4.75. The van der Waals surface area contributed by atoms with Gasteiger partial charge in [-0.25, -0.2) is 4.98 Å². The molecule has 2 heterocycles. The van der Waals surface area contributed by atoms with E-state index in [2.05, 4.69) is 9.97 Å². The Labute approximate surface area is 87.3 Å². The van der Waals surface area contributed by atoms with E-state index in [1.165, 1.54) is 0 Å². The lowest BCUT2D eigenvalue weighted by Crippen LogP contribution is -1.95. The van der Waals surface area contributed by atoms with E-state index in [-0.39, 0.29) is 0 Å². The minimum atomic E-state index is 0.396. The molecule has 0 radical (unpaired) electrons. The molecule has 0 amide bonds. The third-order valence-electron chi connectivity index (χ3n) is 1.68. The van der Waals surface area contributed by atoms with Crippen molar-refractivity contribution in [2.45, 2.75) is 0 Å². The number of aromatic amines is 1. The summed E-state index contributed by atoms with van der Waals surface area (Å²) < 4.78 is 0. The van der Waals surface area contributed by atoms with Gasteiger partial charge in [0, 0.05) is 12.4 Å². The smallest absolute Gasteiger partial charge is 0.146 e. The van der Waals surface area contributed by atoms with Gasteiger partial charge in [0.15, 0.2) is 0 Å². The van der Waals surface area contributed by atoms with Crippen LogP contribution < -0.4 is 22.9 Å². The zero-order valence-corrected chi connectivity index (χ0v) is 8.14. The average Bonchev–Trinajstić information content (AvgIpc) is 2.57. The number of nitrogens with zero attached hydrogens (tertiary/aromatic N) is 1. The largest absolute Gasteiger partial charge is 0.396 e. The van der Waals surface area contributed by atoms with Crippen LogP contribution in [0.2, 0.25) is 0 Å². The molecule has 0 saturated heterocycles. The number of hydrogen-bond acceptors (Lipinski definition) is 5. The molecule has 2 aromatic rings. The molecule has 0 atom stereocenters. The molecule has 6 heteroatoms. The van der Waals surface area contributed by atoms with Crippen molar-refractivity contribution in [2.75, 3.05) is 22.9 Å². The lowest BCUT2D eigenvalue weighted by molar-refractivity contribution is 1.34. The number of rotatable bonds is 0. The summed E-state index contributed by atoms with van der Waals surface area (Å²) in [6.07, 6.45) is 3.30. The van der Waals surface area contributed by atoms with Crippen molar-refractivity contribution in [3.05, 3.63) is 30.6 Å². The first-order valence-electron chi connectivity index (χ1n) is 4.25. The highest BCUT2D eigenvalue weighted by atomic mass is 14.9. The van der Waals surface area contributed by atoms with Gasteiger partial charge in [0.05, 0.1) is 11.4 Å². The van der Waals surface area contributed by atoms with Crippen molar-refractivity contribution in [3.63, 3.8) is 0 Å². The summed E-state index contributed by atoms with van der Waals surface area (Å²) in [6, 6.07) is 5.17. The zero-order chi connectivity index (χ0) is 11.3. The van der Waals surface area contributed by atoms with Crippen LogP contribution in [-0.4, -0.2) is 9.97 Å². The van der Waals surface area contributed by atoms with Crippen LogP contribution in [0.4, 0.5) is 23.0 Å². The molecule has 9 N–H and O–H groups in total. The fourth-order valence-electron chi connectivity index (χ4n) is 0.824. The Morgan fingerprint density at radius 2 is 1.73 bits per heavy atom. The van der Waals surface area contributed by atoms with Gasteiger partial charge in [-0.1, -0.05) is 0 Å². The van der Waals surface area contributed by atoms with Gasteiger partial charge >= 0.3 is 0 Å². The Morgan fingerprint density at radius 1 is 1.00 bits per heavy atom. The molecule has 0 aliphatic rings. The standard InChI is InChI=1S/C5H7N3.C4H7N3/c6-4-2-1-3-8-5(4)7;5-3-1-2-7-4(3)6/h1-3H,6H2,(H2,7,8);1-2,7H,5-6H2. The van der Waals surface area contributed by atoms with E-state index in [0.717, 1.165) is 0 Å². The van der Waals surface area contributed by atoms with E-state index in [4.69, 9.17) is 22.9 Å². The van der Waals surface area contributed by atoms with E-state index < -0.39 is 0 Å². The first-order valence-corrected chi connectivity index (χ1v) is 4.25. The Bertz CT molecular complexity index is 385. The Balaban J connectivity index is 0.000000151. The Kier molecular flexibility index (Phi) is 3.39. The number of H-pyrrole nitrogens is 1. The summed E-state index contributed by atoms with van der Waals surface area (Å²) in [6.45, 7) is 0. The van der Waals surface area contributed by atoms with Crippen LogP contribution in [0.25, 0.3) is 0 Å². The van der Waals surface area contributed by atoms with Gasteiger partial charge in [-0.05, 0) is 18.2 Å². The predicted molar refractivity (Wildman–Crippen MR) is 62.7 cm³/mol. The molecule has 0 aliphatic carbocycles. The van der Waals surface area contributed by atoms with Crippen LogP contribution in [0, 0.1) is 0 Å². The SMILES string of the molecule is Nc1cc[nH]c1N.Nc1cccnc1N. The highest BCUT2D eigenvalue weighted by Gasteiger charge is 1.87. The van der Waals surface area contributed by atoms with Gasteiger partial charge < -0.3 is 27.9 Å². The fourth-order valence-corrected chi connectivity index (χ4v) is 0.824. The van der Waals surface area contributed by atoms with E-state index in [0.29, 0.717) is 23.0 Å². The van der Waals surface area contributed by atoms with Gasteiger partial charge in [0.1, 0.15) is 11.6 Å². The van der Waals surface area contributed by atoms with Gasteiger partial charge in [0.2, 0.25) is 0 Å². The number of hydrogen-bond donors (Lipinski definition) is 5. The minimum absolute atomic E-state index is 0.396. The summed E-state index contributed by atoms with van der Waals surface area (Å²) in [5.41, 5.74) is 22.3. The molecule has 0 fully saturated rings. The van der Waals surface area contributed by atoms with Crippen molar-refractivity contribution in [3.8, 4) is 0 Å². The van der Waals surface area contributed by atoms with E-state index >= 15 is 0 Å². The van der Waals surface area contributed by atoms with Crippen LogP contribution >= 0.6 is 0 Å². The molecule has 0 unspecified atom stereocenters. The van der Waals surface area contributed by atoms with Gasteiger partial charge in [-0.3, -0.25) is 0 Å². The predicted octanol–water partition coefficient (Wildman–Crippen LogP) is 0.425. The monoisotopic (exact) mass is 206 g/mol. The van der Waals surface area contributed by atoms with E-state index in [1.807, 2.05) is 0 Å². The molecule has 0 bridgehead atoms. The highest BCUT2D eigenvalue weighted by molar-refractivity contribution is 5.58. The first kappa shape index (κ1) is 10.7. The lowest BCUT2D eigenvalue weighted by Gasteiger charge is -1.92. The van der Waals surface area contributed by atoms with Crippen molar-refractivity contribution in [1.82, 2.24) is 9.97 Å². The molecule has 80 valence electrons. The lowest BCUT2D eigenvalue weighted by atomic mass is 10.4. The Morgan fingerprint density at radius 3 is 2.00 bits per heavy atom. The third-order valence-corrected chi connectivity index (χ3v) is 1.68. The van der Waals surface area contributed by atoms with Crippen LogP contribution in [0.5, 0.6) is 0 Å². The normalized spacial score (nSPS) is 9.07. The number of nitrogens with two attached hydrogens (primary N) is 4. The summed E-state index contributed by atoms with van der Waals surface area (Å²) in [5.74, 6) is 0.938. The molecule has 6 nitrogen and oxygen atoms in total.